The fourth-order valence-electron chi connectivity index (χ4n) is 4.21. The van der Waals surface area contributed by atoms with Crippen molar-refractivity contribution in [3.8, 4) is 11.5 Å². The fraction of sp³-hybridized carbons (Fsp3) is 0.179. The van der Waals surface area contributed by atoms with Gasteiger partial charge in [0.1, 0.15) is 11.3 Å². The van der Waals surface area contributed by atoms with E-state index in [1.807, 2.05) is 6.92 Å². The maximum atomic E-state index is 13.9. The summed E-state index contributed by atoms with van der Waals surface area (Å²) < 4.78 is 40.1. The molecule has 9 nitrogen and oxygen atoms in total. The minimum absolute atomic E-state index is 0.0474. The Morgan fingerprint density at radius 1 is 0.974 bits per heavy atom. The molecule has 0 aliphatic carbocycles. The van der Waals surface area contributed by atoms with Gasteiger partial charge in [0.25, 0.3) is 10.0 Å². The molecule has 0 unspecified atom stereocenters. The number of aromatic nitrogens is 2. The van der Waals surface area contributed by atoms with Crippen LogP contribution in [0, 0.1) is 6.92 Å². The number of rotatable bonds is 5. The van der Waals surface area contributed by atoms with Crippen LogP contribution in [0.2, 0.25) is 0 Å². The van der Waals surface area contributed by atoms with E-state index in [0.717, 1.165) is 9.54 Å². The van der Waals surface area contributed by atoms with Gasteiger partial charge in [-0.2, -0.15) is 0 Å². The summed E-state index contributed by atoms with van der Waals surface area (Å²) in [6, 6.07) is 17.3. The molecule has 1 N–H and O–H groups in total. The molecule has 0 bridgehead atoms. The van der Waals surface area contributed by atoms with Crippen LogP contribution in [0.3, 0.4) is 0 Å². The van der Waals surface area contributed by atoms with Crippen molar-refractivity contribution >= 4 is 43.8 Å². The maximum absolute atomic E-state index is 13.9. The predicted octanol–water partition coefficient (Wildman–Crippen LogP) is 5.65. The first kappa shape index (κ1) is 25.2. The molecule has 3 heterocycles. The lowest BCUT2D eigenvalue weighted by Gasteiger charge is -2.18. The lowest BCUT2D eigenvalue weighted by Crippen LogP contribution is -2.23. The third-order valence-electron chi connectivity index (χ3n) is 5.83. The van der Waals surface area contributed by atoms with Gasteiger partial charge in [0, 0.05) is 10.8 Å². The normalized spacial score (nSPS) is 12.2. The van der Waals surface area contributed by atoms with Gasteiger partial charge in [0.2, 0.25) is 5.76 Å². The highest BCUT2D eigenvalue weighted by Gasteiger charge is 2.28. The van der Waals surface area contributed by atoms with Crippen LogP contribution in [0.4, 0.5) is 0 Å². The number of esters is 1. The number of pyridine rings is 1. The zero-order valence-corrected chi connectivity index (χ0v) is 21.9. The molecule has 0 aliphatic rings. The van der Waals surface area contributed by atoms with Gasteiger partial charge in [-0.15, -0.1) is 0 Å². The van der Waals surface area contributed by atoms with Crippen molar-refractivity contribution < 1.29 is 32.3 Å². The Balaban J connectivity index is 1.82. The van der Waals surface area contributed by atoms with Gasteiger partial charge in [0.05, 0.1) is 15.9 Å². The van der Waals surface area contributed by atoms with E-state index in [4.69, 9.17) is 9.15 Å². The number of aryl methyl sites for hydroxylation is 1. The standard InChI is InChI=1S/C28H24N2O7S/c1-16-9-11-17(12-10-16)38(34,35)30-20-8-6-5-7-18(20)24-21(30)15-19(26(31)32)29-25(24)22-13-14-23(36-22)27(33)37-28(2,3)4/h5-15H,1-4H3,(H,31,32). The first-order valence-electron chi connectivity index (χ1n) is 11.7. The van der Waals surface area contributed by atoms with E-state index >= 15 is 0 Å². The van der Waals surface area contributed by atoms with E-state index in [0.29, 0.717) is 16.3 Å². The van der Waals surface area contributed by atoms with E-state index < -0.39 is 27.6 Å². The van der Waals surface area contributed by atoms with Crippen molar-refractivity contribution in [1.82, 2.24) is 8.96 Å². The molecule has 38 heavy (non-hydrogen) atoms. The lowest BCUT2D eigenvalue weighted by atomic mass is 10.1. The van der Waals surface area contributed by atoms with Gasteiger partial charge < -0.3 is 14.3 Å². The van der Waals surface area contributed by atoms with Crippen LogP contribution in [0.25, 0.3) is 33.3 Å². The zero-order chi connectivity index (χ0) is 27.4. The average Bonchev–Trinajstić information content (AvgIpc) is 3.46. The molecule has 3 aromatic heterocycles. The predicted molar refractivity (Wildman–Crippen MR) is 141 cm³/mol. The van der Waals surface area contributed by atoms with Gasteiger partial charge in [-0.25, -0.2) is 27.0 Å². The van der Waals surface area contributed by atoms with Crippen LogP contribution in [0.15, 0.2) is 76.0 Å². The third-order valence-corrected chi connectivity index (χ3v) is 7.57. The SMILES string of the molecule is Cc1ccc(S(=O)(=O)n2c3ccccc3c3c(-c4ccc(C(=O)OC(C)(C)C)o4)nc(C(=O)O)cc32)cc1. The maximum Gasteiger partial charge on any atom is 0.374 e. The van der Waals surface area contributed by atoms with Crippen molar-refractivity contribution in [3.05, 3.63) is 83.7 Å². The second-order valence-corrected chi connectivity index (χ2v) is 11.6. The van der Waals surface area contributed by atoms with Gasteiger partial charge in [-0.3, -0.25) is 0 Å². The molecule has 5 aromatic rings. The summed E-state index contributed by atoms with van der Waals surface area (Å²) in [5, 5.41) is 10.7. The highest BCUT2D eigenvalue weighted by molar-refractivity contribution is 7.90. The molecule has 0 atom stereocenters. The van der Waals surface area contributed by atoms with E-state index in [9.17, 15) is 23.1 Å². The number of ether oxygens (including phenoxy) is 1. The molecule has 0 radical (unpaired) electrons. The van der Waals surface area contributed by atoms with E-state index in [2.05, 4.69) is 4.98 Å². The molecule has 0 spiro atoms. The van der Waals surface area contributed by atoms with Gasteiger partial charge >= 0.3 is 11.9 Å². The highest BCUT2D eigenvalue weighted by Crippen LogP contribution is 2.39. The molecule has 5 rings (SSSR count). The van der Waals surface area contributed by atoms with Crippen LogP contribution in [-0.4, -0.2) is 40.0 Å². The van der Waals surface area contributed by atoms with Gasteiger partial charge in [0.15, 0.2) is 11.5 Å². The second kappa shape index (κ2) is 8.84. The number of para-hydroxylation sites is 1. The number of carbonyl (C=O) groups is 2. The molecule has 0 saturated carbocycles. The molecular formula is C28H24N2O7S. The Labute approximate surface area is 218 Å². The van der Waals surface area contributed by atoms with Crippen LogP contribution in [0.5, 0.6) is 0 Å². The van der Waals surface area contributed by atoms with Crippen LogP contribution < -0.4 is 0 Å². The van der Waals surface area contributed by atoms with Crippen molar-refractivity contribution in [3.63, 3.8) is 0 Å². The summed E-state index contributed by atoms with van der Waals surface area (Å²) in [5.74, 6) is -2.05. The monoisotopic (exact) mass is 532 g/mol. The molecule has 194 valence electrons. The lowest BCUT2D eigenvalue weighted by molar-refractivity contribution is 0.00366. The summed E-state index contributed by atoms with van der Waals surface area (Å²) in [5.41, 5.74) is 0.298. The molecule has 0 saturated heterocycles. The molecule has 0 aliphatic heterocycles. The smallest absolute Gasteiger partial charge is 0.374 e. The second-order valence-electron chi connectivity index (χ2n) is 9.82. The number of aromatic carboxylic acids is 1. The molecule has 0 fully saturated rings. The zero-order valence-electron chi connectivity index (χ0n) is 21.1. The topological polar surface area (TPSA) is 129 Å². The largest absolute Gasteiger partial charge is 0.477 e. The Morgan fingerprint density at radius 2 is 1.66 bits per heavy atom. The Bertz CT molecular complexity index is 1840. The summed E-state index contributed by atoms with van der Waals surface area (Å²) in [6.07, 6.45) is 0. The Kier molecular flexibility index (Phi) is 5.87. The molecule has 2 aromatic carbocycles. The first-order valence-corrected chi connectivity index (χ1v) is 13.1. The van der Waals surface area contributed by atoms with Crippen molar-refractivity contribution in [2.75, 3.05) is 0 Å². The highest BCUT2D eigenvalue weighted by atomic mass is 32.2. The summed E-state index contributed by atoms with van der Waals surface area (Å²) in [6.45, 7) is 7.02. The number of benzene rings is 2. The van der Waals surface area contributed by atoms with Crippen molar-refractivity contribution in [2.24, 2.45) is 0 Å². The number of carbonyl (C=O) groups excluding carboxylic acids is 1. The van der Waals surface area contributed by atoms with Crippen molar-refractivity contribution in [2.45, 2.75) is 38.2 Å². The number of nitrogens with zero attached hydrogens (tertiary/aromatic N) is 2. The minimum Gasteiger partial charge on any atom is -0.477 e. The van der Waals surface area contributed by atoms with E-state index in [1.54, 1.807) is 57.2 Å². The number of fused-ring (bicyclic) bond motifs is 3. The quantitative estimate of drug-likeness (QED) is 0.288. The van der Waals surface area contributed by atoms with E-state index in [-0.39, 0.29) is 33.3 Å². The van der Waals surface area contributed by atoms with E-state index in [1.165, 1.54) is 30.3 Å². The number of carboxylic acid groups (broad SMARTS) is 1. The average molecular weight is 533 g/mol. The van der Waals surface area contributed by atoms with Crippen LogP contribution in [-0.2, 0) is 14.8 Å². The Hall–Kier alpha value is -4.44. The first-order chi connectivity index (χ1) is 17.9. The number of hydrogen-bond acceptors (Lipinski definition) is 7. The fourth-order valence-corrected chi connectivity index (χ4v) is 5.73. The third kappa shape index (κ3) is 4.32. The van der Waals surface area contributed by atoms with Gasteiger partial charge in [-0.05, 0) is 64.1 Å². The van der Waals surface area contributed by atoms with Crippen LogP contribution >= 0.6 is 0 Å². The number of carboxylic acids is 1. The number of furan rings is 1. The summed E-state index contributed by atoms with van der Waals surface area (Å²) in [7, 11) is -4.14. The molecule has 0 amide bonds. The molecular weight excluding hydrogens is 508 g/mol. The summed E-state index contributed by atoms with van der Waals surface area (Å²) >= 11 is 0. The minimum atomic E-state index is -4.14. The molecule has 10 heteroatoms. The Morgan fingerprint density at radius 3 is 2.32 bits per heavy atom. The van der Waals surface area contributed by atoms with Gasteiger partial charge in [-0.1, -0.05) is 35.9 Å². The summed E-state index contributed by atoms with van der Waals surface area (Å²) in [4.78, 5) is 29.0. The number of hydrogen-bond donors (Lipinski definition) is 1. The van der Waals surface area contributed by atoms with Crippen LogP contribution in [0.1, 0.15) is 47.4 Å². The van der Waals surface area contributed by atoms with Crippen molar-refractivity contribution in [1.29, 1.82) is 0 Å².